The second-order valence-electron chi connectivity index (χ2n) is 1.87. The standard InChI is InChI=1S/C8H10N2O2/c1-3-7(10)6(5-9)8(11)12-4-2/h3H,1,4,10H2,2H3. The van der Waals surface area contributed by atoms with E-state index >= 15 is 0 Å². The molecule has 0 aliphatic heterocycles. The number of ether oxygens (including phenoxy) is 1. The number of carbonyl (C=O) groups excluding carboxylic acids is 1. The smallest absolute Gasteiger partial charge is 0.351 e. The van der Waals surface area contributed by atoms with Crippen LogP contribution in [-0.4, -0.2) is 12.6 Å². The summed E-state index contributed by atoms with van der Waals surface area (Å²) in [4.78, 5) is 10.9. The van der Waals surface area contributed by atoms with Gasteiger partial charge in [0.05, 0.1) is 12.3 Å². The zero-order valence-corrected chi connectivity index (χ0v) is 6.83. The minimum atomic E-state index is -0.711. The minimum absolute atomic E-state index is 0.0379. The highest BCUT2D eigenvalue weighted by atomic mass is 16.5. The molecule has 0 saturated carbocycles. The molecule has 0 aliphatic rings. The van der Waals surface area contributed by atoms with Crippen molar-refractivity contribution >= 4 is 5.97 Å². The van der Waals surface area contributed by atoms with E-state index in [0.29, 0.717) is 0 Å². The van der Waals surface area contributed by atoms with Crippen molar-refractivity contribution in [3.05, 3.63) is 23.9 Å². The van der Waals surface area contributed by atoms with Crippen LogP contribution >= 0.6 is 0 Å². The van der Waals surface area contributed by atoms with Crippen LogP contribution in [0.2, 0.25) is 0 Å². The Bertz CT molecular complexity index is 261. The summed E-state index contributed by atoms with van der Waals surface area (Å²) < 4.78 is 4.57. The van der Waals surface area contributed by atoms with Crippen molar-refractivity contribution in [2.45, 2.75) is 6.92 Å². The molecule has 0 atom stereocenters. The fourth-order valence-corrected chi connectivity index (χ4v) is 0.533. The number of carbonyl (C=O) groups is 1. The summed E-state index contributed by atoms with van der Waals surface area (Å²) in [6.07, 6.45) is 1.23. The maximum absolute atomic E-state index is 10.9. The molecule has 0 radical (unpaired) electrons. The highest BCUT2D eigenvalue weighted by Crippen LogP contribution is 2.01. The molecule has 0 aromatic heterocycles. The average Bonchev–Trinajstić information content (AvgIpc) is 2.06. The van der Waals surface area contributed by atoms with Gasteiger partial charge in [-0.05, 0) is 13.0 Å². The predicted molar refractivity (Wildman–Crippen MR) is 43.7 cm³/mol. The fourth-order valence-electron chi connectivity index (χ4n) is 0.533. The Morgan fingerprint density at radius 2 is 2.42 bits per heavy atom. The summed E-state index contributed by atoms with van der Waals surface area (Å²) in [5.74, 6) is -0.711. The highest BCUT2D eigenvalue weighted by molar-refractivity contribution is 5.93. The first-order valence-corrected chi connectivity index (χ1v) is 3.36. The van der Waals surface area contributed by atoms with E-state index in [4.69, 9.17) is 11.0 Å². The number of nitriles is 1. The maximum atomic E-state index is 10.9. The van der Waals surface area contributed by atoms with Gasteiger partial charge in [-0.15, -0.1) is 0 Å². The molecule has 0 amide bonds. The minimum Gasteiger partial charge on any atom is -0.462 e. The molecule has 0 aliphatic carbocycles. The van der Waals surface area contributed by atoms with Crippen LogP contribution in [0.25, 0.3) is 0 Å². The van der Waals surface area contributed by atoms with Crippen LogP contribution in [0.4, 0.5) is 0 Å². The van der Waals surface area contributed by atoms with Gasteiger partial charge < -0.3 is 10.5 Å². The van der Waals surface area contributed by atoms with Crippen molar-refractivity contribution in [3.8, 4) is 6.07 Å². The zero-order valence-electron chi connectivity index (χ0n) is 6.83. The Kier molecular flexibility index (Phi) is 4.24. The Labute approximate surface area is 70.9 Å². The SMILES string of the molecule is C=CC(N)=C(C#N)C(=O)OCC. The van der Waals surface area contributed by atoms with E-state index in [1.54, 1.807) is 13.0 Å². The van der Waals surface area contributed by atoms with Gasteiger partial charge in [0, 0.05) is 0 Å². The molecule has 12 heavy (non-hydrogen) atoms. The molecular formula is C8H10N2O2. The molecule has 4 heteroatoms. The molecule has 0 rings (SSSR count). The molecule has 0 aromatic rings. The third-order valence-corrected chi connectivity index (χ3v) is 1.10. The number of allylic oxidation sites excluding steroid dienone is 1. The number of hydrogen-bond acceptors (Lipinski definition) is 4. The van der Waals surface area contributed by atoms with E-state index in [1.165, 1.54) is 6.08 Å². The second-order valence-corrected chi connectivity index (χ2v) is 1.87. The fraction of sp³-hybridized carbons (Fsp3) is 0.250. The molecule has 64 valence electrons. The van der Waals surface area contributed by atoms with Crippen molar-refractivity contribution in [2.24, 2.45) is 5.73 Å². The average molecular weight is 166 g/mol. The summed E-state index contributed by atoms with van der Waals surface area (Å²) in [6.45, 7) is 5.20. The molecular weight excluding hydrogens is 156 g/mol. The van der Waals surface area contributed by atoms with Crippen LogP contribution < -0.4 is 5.73 Å². The molecule has 0 heterocycles. The summed E-state index contributed by atoms with van der Waals surface area (Å²) >= 11 is 0. The number of hydrogen-bond donors (Lipinski definition) is 1. The van der Waals surface area contributed by atoms with Gasteiger partial charge in [0.15, 0.2) is 5.57 Å². The first-order chi connectivity index (χ1) is 5.67. The lowest BCUT2D eigenvalue weighted by Gasteiger charge is -2.00. The van der Waals surface area contributed by atoms with E-state index in [9.17, 15) is 4.79 Å². The van der Waals surface area contributed by atoms with Gasteiger partial charge in [0.1, 0.15) is 6.07 Å². The molecule has 0 saturated heterocycles. The Morgan fingerprint density at radius 1 is 1.83 bits per heavy atom. The quantitative estimate of drug-likeness (QED) is 0.286. The molecule has 0 spiro atoms. The van der Waals surface area contributed by atoms with E-state index in [-0.39, 0.29) is 17.9 Å². The van der Waals surface area contributed by atoms with E-state index in [2.05, 4.69) is 11.3 Å². The summed E-state index contributed by atoms with van der Waals surface area (Å²) in [5.41, 5.74) is 5.13. The summed E-state index contributed by atoms with van der Waals surface area (Å²) in [5, 5.41) is 8.49. The van der Waals surface area contributed by atoms with Crippen molar-refractivity contribution in [3.63, 3.8) is 0 Å². The maximum Gasteiger partial charge on any atom is 0.351 e. The largest absolute Gasteiger partial charge is 0.462 e. The lowest BCUT2D eigenvalue weighted by atomic mass is 10.2. The zero-order chi connectivity index (χ0) is 9.56. The van der Waals surface area contributed by atoms with Crippen LogP contribution in [0, 0.1) is 11.3 Å². The normalized spacial score (nSPS) is 11.0. The molecule has 4 nitrogen and oxygen atoms in total. The van der Waals surface area contributed by atoms with Gasteiger partial charge in [-0.3, -0.25) is 0 Å². The van der Waals surface area contributed by atoms with Gasteiger partial charge in [-0.2, -0.15) is 5.26 Å². The van der Waals surface area contributed by atoms with Crippen molar-refractivity contribution in [2.75, 3.05) is 6.61 Å². The number of nitrogens with two attached hydrogens (primary N) is 1. The van der Waals surface area contributed by atoms with Crippen molar-refractivity contribution < 1.29 is 9.53 Å². The van der Waals surface area contributed by atoms with E-state index in [0.717, 1.165) is 0 Å². The number of rotatable bonds is 3. The highest BCUT2D eigenvalue weighted by Gasteiger charge is 2.12. The molecule has 0 unspecified atom stereocenters. The van der Waals surface area contributed by atoms with Crippen LogP contribution in [0.1, 0.15) is 6.92 Å². The third-order valence-electron chi connectivity index (χ3n) is 1.10. The van der Waals surface area contributed by atoms with Gasteiger partial charge in [0.25, 0.3) is 0 Å². The second kappa shape index (κ2) is 4.97. The third kappa shape index (κ3) is 2.46. The van der Waals surface area contributed by atoms with Crippen LogP contribution in [0.5, 0.6) is 0 Å². The number of nitrogens with zero attached hydrogens (tertiary/aromatic N) is 1. The van der Waals surface area contributed by atoms with Gasteiger partial charge in [-0.25, -0.2) is 4.79 Å². The molecule has 0 fully saturated rings. The van der Waals surface area contributed by atoms with E-state index < -0.39 is 5.97 Å². The van der Waals surface area contributed by atoms with Crippen LogP contribution in [0.15, 0.2) is 23.9 Å². The van der Waals surface area contributed by atoms with Gasteiger partial charge in [-0.1, -0.05) is 6.58 Å². The molecule has 0 aromatic carbocycles. The van der Waals surface area contributed by atoms with Gasteiger partial charge >= 0.3 is 5.97 Å². The lowest BCUT2D eigenvalue weighted by molar-refractivity contribution is -0.138. The summed E-state index contributed by atoms with van der Waals surface area (Å²) in [7, 11) is 0. The Morgan fingerprint density at radius 3 is 2.75 bits per heavy atom. The number of esters is 1. The van der Waals surface area contributed by atoms with Crippen LogP contribution in [-0.2, 0) is 9.53 Å². The van der Waals surface area contributed by atoms with Crippen LogP contribution in [0.3, 0.4) is 0 Å². The Hall–Kier alpha value is -1.76. The van der Waals surface area contributed by atoms with Gasteiger partial charge in [0.2, 0.25) is 0 Å². The van der Waals surface area contributed by atoms with Crippen molar-refractivity contribution in [1.82, 2.24) is 0 Å². The van der Waals surface area contributed by atoms with E-state index in [1.807, 2.05) is 0 Å². The first-order valence-electron chi connectivity index (χ1n) is 3.36. The first kappa shape index (κ1) is 10.2. The topological polar surface area (TPSA) is 76.1 Å². The Balaban J connectivity index is 4.70. The molecule has 0 bridgehead atoms. The molecule has 2 N–H and O–H groups in total. The lowest BCUT2D eigenvalue weighted by Crippen LogP contribution is -2.11. The predicted octanol–water partition coefficient (Wildman–Crippen LogP) is 0.472. The summed E-state index contributed by atoms with van der Waals surface area (Å²) in [6, 6.07) is 1.65. The van der Waals surface area contributed by atoms with Crippen molar-refractivity contribution in [1.29, 1.82) is 5.26 Å². The monoisotopic (exact) mass is 166 g/mol.